The molecule has 2 N–H and O–H groups in total. The van der Waals surface area contributed by atoms with Gasteiger partial charge in [-0.25, -0.2) is 9.38 Å². The van der Waals surface area contributed by atoms with Gasteiger partial charge in [0.25, 0.3) is 0 Å². The maximum Gasteiger partial charge on any atom is 0.157 e. The summed E-state index contributed by atoms with van der Waals surface area (Å²) in [6.45, 7) is 0. The van der Waals surface area contributed by atoms with E-state index < -0.39 is 5.82 Å². The predicted molar refractivity (Wildman–Crippen MR) is 78.7 cm³/mol. The first-order valence-corrected chi connectivity index (χ1v) is 6.46. The van der Waals surface area contributed by atoms with Gasteiger partial charge < -0.3 is 4.42 Å². The molecule has 3 rings (SSSR count). The van der Waals surface area contributed by atoms with Gasteiger partial charge >= 0.3 is 0 Å². The van der Waals surface area contributed by atoms with Crippen LogP contribution in [0.3, 0.4) is 0 Å². The van der Waals surface area contributed by atoms with Crippen LogP contribution in [-0.2, 0) is 0 Å². The summed E-state index contributed by atoms with van der Waals surface area (Å²) < 4.78 is 18.4. The minimum absolute atomic E-state index is 0.0289. The molecular formula is C15H10ClFN2O2. The molecule has 0 aliphatic carbocycles. The van der Waals surface area contributed by atoms with Gasteiger partial charge in [-0.15, -0.1) is 0 Å². The molecule has 21 heavy (non-hydrogen) atoms. The summed E-state index contributed by atoms with van der Waals surface area (Å²) in [5, 5.41) is 10.1. The Morgan fingerprint density at radius 3 is 2.81 bits per heavy atom. The van der Waals surface area contributed by atoms with Crippen LogP contribution in [0, 0.1) is 5.82 Å². The number of fused-ring (bicyclic) bond motifs is 1. The van der Waals surface area contributed by atoms with E-state index in [0.717, 1.165) is 11.0 Å². The number of hydrogen-bond donors (Lipinski definition) is 2. The van der Waals surface area contributed by atoms with E-state index in [-0.39, 0.29) is 10.9 Å². The first-order chi connectivity index (χ1) is 10.2. The Balaban J connectivity index is 2.03. The lowest BCUT2D eigenvalue weighted by atomic mass is 10.1. The molecule has 4 nitrogen and oxygen atoms in total. The molecular weight excluding hydrogens is 295 g/mol. The van der Waals surface area contributed by atoms with Crippen LogP contribution in [0.2, 0.25) is 5.02 Å². The summed E-state index contributed by atoms with van der Waals surface area (Å²) in [5.74, 6) is -0.297. The summed E-state index contributed by atoms with van der Waals surface area (Å²) in [7, 11) is 0. The van der Waals surface area contributed by atoms with Crippen molar-refractivity contribution in [2.75, 3.05) is 0 Å². The fourth-order valence-electron chi connectivity index (χ4n) is 1.95. The molecule has 0 fully saturated rings. The molecule has 0 aliphatic heterocycles. The number of hydrogen-bond acceptors (Lipinski definition) is 3. The summed E-state index contributed by atoms with van der Waals surface area (Å²) in [4.78, 5) is 4.21. The molecule has 3 aromatic rings. The number of amidine groups is 1. The van der Waals surface area contributed by atoms with Gasteiger partial charge in [-0.2, -0.15) is 0 Å². The highest BCUT2D eigenvalue weighted by molar-refractivity contribution is 6.31. The highest BCUT2D eigenvalue weighted by Crippen LogP contribution is 2.23. The van der Waals surface area contributed by atoms with Gasteiger partial charge in [-0.05, 0) is 42.5 Å². The first-order valence-electron chi connectivity index (χ1n) is 6.09. The van der Waals surface area contributed by atoms with Gasteiger partial charge in [0.15, 0.2) is 5.84 Å². The predicted octanol–water partition coefficient (Wildman–Crippen LogP) is 4.28. The van der Waals surface area contributed by atoms with Crippen LogP contribution in [0.1, 0.15) is 5.56 Å². The molecule has 0 spiro atoms. The number of benzene rings is 2. The number of furan rings is 1. The van der Waals surface area contributed by atoms with E-state index in [4.69, 9.17) is 16.0 Å². The van der Waals surface area contributed by atoms with Gasteiger partial charge in [0.05, 0.1) is 17.0 Å². The van der Waals surface area contributed by atoms with Crippen molar-refractivity contribution in [3.8, 4) is 0 Å². The molecule has 2 aromatic carbocycles. The van der Waals surface area contributed by atoms with Gasteiger partial charge in [-0.3, -0.25) is 10.7 Å². The number of halogens is 2. The minimum Gasteiger partial charge on any atom is -0.464 e. The second-order valence-corrected chi connectivity index (χ2v) is 4.75. The Hall–Kier alpha value is -2.37. The zero-order valence-corrected chi connectivity index (χ0v) is 11.4. The van der Waals surface area contributed by atoms with E-state index in [0.29, 0.717) is 11.3 Å². The van der Waals surface area contributed by atoms with Crippen molar-refractivity contribution in [1.29, 1.82) is 0 Å². The SMILES string of the molecule is ONC(=Nc1ccc(F)c(Cl)c1)c1ccc2occc2c1. The van der Waals surface area contributed by atoms with Crippen molar-refractivity contribution in [1.82, 2.24) is 5.48 Å². The first kappa shape index (κ1) is 13.6. The number of rotatable bonds is 2. The Kier molecular flexibility index (Phi) is 3.60. The average molecular weight is 305 g/mol. The van der Waals surface area contributed by atoms with E-state index in [9.17, 15) is 9.60 Å². The van der Waals surface area contributed by atoms with Gasteiger partial charge in [0.2, 0.25) is 0 Å². The fourth-order valence-corrected chi connectivity index (χ4v) is 2.13. The largest absolute Gasteiger partial charge is 0.464 e. The Morgan fingerprint density at radius 1 is 1.19 bits per heavy atom. The molecule has 106 valence electrons. The Morgan fingerprint density at radius 2 is 2.05 bits per heavy atom. The van der Waals surface area contributed by atoms with E-state index in [1.54, 1.807) is 18.4 Å². The third kappa shape index (κ3) is 2.74. The number of hydroxylamine groups is 1. The number of nitrogens with one attached hydrogen (secondary N) is 1. The van der Waals surface area contributed by atoms with E-state index in [1.165, 1.54) is 18.2 Å². The van der Waals surface area contributed by atoms with Crippen molar-refractivity contribution >= 4 is 34.1 Å². The fraction of sp³-hybridized carbons (Fsp3) is 0. The van der Waals surface area contributed by atoms with Gasteiger partial charge in [-0.1, -0.05) is 11.6 Å². The molecule has 0 unspecified atom stereocenters. The normalized spacial score (nSPS) is 11.9. The topological polar surface area (TPSA) is 57.8 Å². The van der Waals surface area contributed by atoms with Crippen molar-refractivity contribution in [2.24, 2.45) is 4.99 Å². The maximum absolute atomic E-state index is 13.1. The van der Waals surface area contributed by atoms with Gasteiger partial charge in [0, 0.05) is 10.9 Å². The Labute approximate surface area is 124 Å². The number of aliphatic imine (C=N–C) groups is 1. The van der Waals surface area contributed by atoms with Crippen molar-refractivity contribution in [3.05, 3.63) is 65.1 Å². The van der Waals surface area contributed by atoms with Crippen LogP contribution in [0.25, 0.3) is 11.0 Å². The van der Waals surface area contributed by atoms with Crippen LogP contribution < -0.4 is 5.48 Å². The zero-order valence-electron chi connectivity index (χ0n) is 10.7. The van der Waals surface area contributed by atoms with E-state index >= 15 is 0 Å². The monoisotopic (exact) mass is 304 g/mol. The quantitative estimate of drug-likeness (QED) is 0.422. The molecule has 1 aromatic heterocycles. The highest BCUT2D eigenvalue weighted by atomic mass is 35.5. The molecule has 0 atom stereocenters. The van der Waals surface area contributed by atoms with Crippen LogP contribution in [0.4, 0.5) is 10.1 Å². The summed E-state index contributed by atoms with van der Waals surface area (Å²) >= 11 is 5.71. The molecule has 0 radical (unpaired) electrons. The van der Waals surface area contributed by atoms with Crippen molar-refractivity contribution in [3.63, 3.8) is 0 Å². The number of nitrogens with zero attached hydrogens (tertiary/aromatic N) is 1. The smallest absolute Gasteiger partial charge is 0.157 e. The molecule has 1 heterocycles. The van der Waals surface area contributed by atoms with Crippen LogP contribution in [-0.4, -0.2) is 11.0 Å². The molecule has 0 bridgehead atoms. The lowest BCUT2D eigenvalue weighted by Crippen LogP contribution is -2.19. The van der Waals surface area contributed by atoms with Crippen LogP contribution in [0.5, 0.6) is 0 Å². The van der Waals surface area contributed by atoms with Crippen molar-refractivity contribution in [2.45, 2.75) is 0 Å². The molecule has 0 aliphatic rings. The summed E-state index contributed by atoms with van der Waals surface area (Å²) in [6.07, 6.45) is 1.58. The highest BCUT2D eigenvalue weighted by Gasteiger charge is 2.07. The van der Waals surface area contributed by atoms with Crippen molar-refractivity contribution < 1.29 is 14.0 Å². The maximum atomic E-state index is 13.1. The van der Waals surface area contributed by atoms with Gasteiger partial charge in [0.1, 0.15) is 11.4 Å². The lowest BCUT2D eigenvalue weighted by molar-refractivity contribution is 0.235. The molecule has 6 heteroatoms. The minimum atomic E-state index is -0.519. The molecule has 0 amide bonds. The van der Waals surface area contributed by atoms with Crippen LogP contribution >= 0.6 is 11.6 Å². The summed E-state index contributed by atoms with van der Waals surface area (Å²) in [6, 6.07) is 11.2. The van der Waals surface area contributed by atoms with Crippen LogP contribution in [0.15, 0.2) is 58.1 Å². The molecule has 0 saturated carbocycles. The zero-order chi connectivity index (χ0) is 14.8. The third-order valence-corrected chi connectivity index (χ3v) is 3.27. The standard InChI is InChI=1S/C15H10ClFN2O2/c16-12-8-11(2-3-13(12)17)18-15(19-20)10-1-4-14-9(7-10)5-6-21-14/h1-8,20H,(H,18,19). The summed E-state index contributed by atoms with van der Waals surface area (Å²) in [5.41, 5.74) is 3.86. The molecule has 0 saturated heterocycles. The second kappa shape index (κ2) is 5.55. The third-order valence-electron chi connectivity index (χ3n) is 2.98. The average Bonchev–Trinajstić information content (AvgIpc) is 2.95. The Bertz CT molecular complexity index is 829. The lowest BCUT2D eigenvalue weighted by Gasteiger charge is -2.05. The second-order valence-electron chi connectivity index (χ2n) is 4.34. The van der Waals surface area contributed by atoms with E-state index in [1.807, 2.05) is 17.6 Å². The van der Waals surface area contributed by atoms with E-state index in [2.05, 4.69) is 4.99 Å².